The highest BCUT2D eigenvalue weighted by molar-refractivity contribution is 5.79. The molecule has 2 aliphatic rings. The van der Waals surface area contributed by atoms with Crippen LogP contribution in [0, 0.1) is 5.92 Å². The molecule has 202 valence electrons. The van der Waals surface area contributed by atoms with Crippen LogP contribution in [0.2, 0.25) is 0 Å². The Kier molecular flexibility index (Phi) is 7.70. The van der Waals surface area contributed by atoms with E-state index in [0.29, 0.717) is 18.3 Å². The molecular formula is C30H39N5O3. The summed E-state index contributed by atoms with van der Waals surface area (Å²) in [5, 5.41) is 4.21. The summed E-state index contributed by atoms with van der Waals surface area (Å²) in [4.78, 5) is 24.7. The van der Waals surface area contributed by atoms with Crippen LogP contribution < -0.4 is 9.64 Å². The first-order valence-corrected chi connectivity index (χ1v) is 13.6. The number of carbonyl (C=O) groups excluding carboxylic acids is 1. The number of piperazine rings is 1. The summed E-state index contributed by atoms with van der Waals surface area (Å²) in [6.45, 7) is 11.9. The van der Waals surface area contributed by atoms with Gasteiger partial charge in [-0.1, -0.05) is 62.3 Å². The first-order chi connectivity index (χ1) is 18.3. The summed E-state index contributed by atoms with van der Waals surface area (Å²) < 4.78 is 11.1. The summed E-state index contributed by atoms with van der Waals surface area (Å²) in [6.07, 6.45) is 1.92. The van der Waals surface area contributed by atoms with Crippen LogP contribution in [0.25, 0.3) is 11.4 Å². The molecule has 0 aliphatic carbocycles. The number of hydrogen-bond acceptors (Lipinski definition) is 7. The van der Waals surface area contributed by atoms with Gasteiger partial charge >= 0.3 is 0 Å². The number of rotatable bonds is 6. The number of anilines is 1. The van der Waals surface area contributed by atoms with Crippen LogP contribution in [0.1, 0.15) is 45.1 Å². The fraction of sp³-hybridized carbons (Fsp3) is 0.500. The summed E-state index contributed by atoms with van der Waals surface area (Å²) in [6, 6.07) is 16.4. The summed E-state index contributed by atoms with van der Waals surface area (Å²) >= 11 is 0. The van der Waals surface area contributed by atoms with E-state index in [-0.39, 0.29) is 17.2 Å². The Morgan fingerprint density at radius 3 is 2.47 bits per heavy atom. The van der Waals surface area contributed by atoms with Gasteiger partial charge in [-0.3, -0.25) is 9.69 Å². The zero-order valence-electron chi connectivity index (χ0n) is 23.0. The molecule has 3 aromatic rings. The molecule has 2 aliphatic heterocycles. The van der Waals surface area contributed by atoms with E-state index in [1.807, 2.05) is 23.1 Å². The van der Waals surface area contributed by atoms with E-state index >= 15 is 0 Å². The molecule has 3 heterocycles. The molecule has 8 heteroatoms. The Balaban J connectivity index is 1.15. The highest BCUT2D eigenvalue weighted by Crippen LogP contribution is 2.29. The molecule has 2 fully saturated rings. The average Bonchev–Trinajstić information content (AvgIpc) is 3.41. The maximum absolute atomic E-state index is 13.4. The number of carbonyl (C=O) groups is 1. The second-order valence-corrected chi connectivity index (χ2v) is 11.4. The van der Waals surface area contributed by atoms with Crippen molar-refractivity contribution in [2.24, 2.45) is 5.92 Å². The Labute approximate surface area is 225 Å². The zero-order chi connectivity index (χ0) is 26.7. The lowest BCUT2D eigenvalue weighted by atomic mass is 9.87. The van der Waals surface area contributed by atoms with Crippen molar-refractivity contribution in [3.63, 3.8) is 0 Å². The van der Waals surface area contributed by atoms with E-state index in [1.54, 1.807) is 7.11 Å². The minimum Gasteiger partial charge on any atom is -0.495 e. The molecule has 1 atom stereocenters. The topological polar surface area (TPSA) is 74.9 Å². The second-order valence-electron chi connectivity index (χ2n) is 11.4. The van der Waals surface area contributed by atoms with E-state index < -0.39 is 0 Å². The lowest BCUT2D eigenvalue weighted by molar-refractivity contribution is -0.137. The number of hydrogen-bond donors (Lipinski definition) is 0. The van der Waals surface area contributed by atoms with Gasteiger partial charge in [-0.05, 0) is 42.5 Å². The highest BCUT2D eigenvalue weighted by atomic mass is 16.5. The molecule has 1 aromatic heterocycles. The van der Waals surface area contributed by atoms with Crippen LogP contribution >= 0.6 is 0 Å². The number of methoxy groups -OCH3 is 1. The summed E-state index contributed by atoms with van der Waals surface area (Å²) in [7, 11) is 1.70. The van der Waals surface area contributed by atoms with Crippen LogP contribution in [0.4, 0.5) is 5.69 Å². The number of nitrogens with zero attached hydrogens (tertiary/aromatic N) is 5. The molecule has 2 aromatic carbocycles. The number of aromatic nitrogens is 2. The molecule has 0 spiro atoms. The van der Waals surface area contributed by atoms with Crippen molar-refractivity contribution in [2.45, 2.75) is 45.6 Å². The van der Waals surface area contributed by atoms with Crippen molar-refractivity contribution >= 4 is 11.6 Å². The van der Waals surface area contributed by atoms with Gasteiger partial charge in [0.25, 0.3) is 0 Å². The lowest BCUT2D eigenvalue weighted by Gasteiger charge is -2.39. The maximum atomic E-state index is 13.4. The number of amides is 1. The van der Waals surface area contributed by atoms with E-state index in [1.165, 1.54) is 5.56 Å². The monoisotopic (exact) mass is 517 g/mol. The van der Waals surface area contributed by atoms with Gasteiger partial charge in [0.2, 0.25) is 17.6 Å². The van der Waals surface area contributed by atoms with Crippen LogP contribution in [0.5, 0.6) is 5.75 Å². The van der Waals surface area contributed by atoms with Gasteiger partial charge in [0.1, 0.15) is 5.75 Å². The molecule has 38 heavy (non-hydrogen) atoms. The van der Waals surface area contributed by atoms with Gasteiger partial charge in [-0.15, -0.1) is 0 Å². The third-order valence-corrected chi connectivity index (χ3v) is 7.71. The van der Waals surface area contributed by atoms with Gasteiger partial charge in [0.05, 0.1) is 25.3 Å². The molecule has 1 unspecified atom stereocenters. The maximum Gasteiger partial charge on any atom is 0.241 e. The fourth-order valence-corrected chi connectivity index (χ4v) is 5.46. The number of benzene rings is 2. The molecule has 2 saturated heterocycles. The van der Waals surface area contributed by atoms with Crippen molar-refractivity contribution in [1.82, 2.24) is 19.9 Å². The van der Waals surface area contributed by atoms with Gasteiger partial charge in [-0.2, -0.15) is 4.98 Å². The number of piperidine rings is 1. The largest absolute Gasteiger partial charge is 0.495 e. The average molecular weight is 518 g/mol. The predicted molar refractivity (Wildman–Crippen MR) is 148 cm³/mol. The van der Waals surface area contributed by atoms with E-state index in [2.05, 4.69) is 71.0 Å². The Bertz CT molecular complexity index is 1230. The van der Waals surface area contributed by atoms with E-state index in [0.717, 1.165) is 69.1 Å². The minimum atomic E-state index is 0.00824. The smallest absolute Gasteiger partial charge is 0.241 e. The first-order valence-electron chi connectivity index (χ1n) is 13.6. The minimum absolute atomic E-state index is 0.00824. The molecule has 0 radical (unpaired) electrons. The predicted octanol–water partition coefficient (Wildman–Crippen LogP) is 4.60. The van der Waals surface area contributed by atoms with E-state index in [9.17, 15) is 4.79 Å². The highest BCUT2D eigenvalue weighted by Gasteiger charge is 2.32. The van der Waals surface area contributed by atoms with Crippen LogP contribution in [-0.4, -0.2) is 72.2 Å². The lowest BCUT2D eigenvalue weighted by Crippen LogP contribution is -2.52. The molecule has 1 amide bonds. The summed E-state index contributed by atoms with van der Waals surface area (Å²) in [5.74, 6) is 2.35. The van der Waals surface area contributed by atoms with Crippen molar-refractivity contribution in [2.75, 3.05) is 51.3 Å². The standard InChI is InChI=1S/C30H39N5O3/c1-30(2,3)24-13-11-22(12-14-24)28-31-27(38-32-28)21-33-15-7-8-23(20-33)29(36)35-18-16-34(17-19-35)25-9-5-6-10-26(25)37-4/h5-6,9-14,23H,7-8,15-21H2,1-4H3. The van der Waals surface area contributed by atoms with Crippen LogP contribution in [0.15, 0.2) is 53.1 Å². The molecule has 0 saturated carbocycles. The number of ether oxygens (including phenoxy) is 1. The summed E-state index contributed by atoms with van der Waals surface area (Å²) in [5.41, 5.74) is 3.42. The third-order valence-electron chi connectivity index (χ3n) is 7.71. The Hall–Kier alpha value is -3.39. The van der Waals surface area contributed by atoms with Crippen LogP contribution in [-0.2, 0) is 16.8 Å². The normalized spacial score (nSPS) is 19.0. The fourth-order valence-electron chi connectivity index (χ4n) is 5.46. The van der Waals surface area contributed by atoms with Crippen LogP contribution in [0.3, 0.4) is 0 Å². The molecular weight excluding hydrogens is 478 g/mol. The van der Waals surface area contributed by atoms with Gasteiger partial charge in [0, 0.05) is 38.3 Å². The quantitative estimate of drug-likeness (QED) is 0.473. The first kappa shape index (κ1) is 26.2. The van der Waals surface area contributed by atoms with Gasteiger partial charge in [-0.25, -0.2) is 0 Å². The molecule has 8 nitrogen and oxygen atoms in total. The number of likely N-dealkylation sites (tertiary alicyclic amines) is 1. The van der Waals surface area contributed by atoms with E-state index in [4.69, 9.17) is 9.26 Å². The Morgan fingerprint density at radius 1 is 1.03 bits per heavy atom. The SMILES string of the molecule is COc1ccccc1N1CCN(C(=O)C2CCCN(Cc3nc(-c4ccc(C(C)(C)C)cc4)no3)C2)CC1. The van der Waals surface area contributed by atoms with Crippen molar-refractivity contribution in [3.05, 3.63) is 60.0 Å². The van der Waals surface area contributed by atoms with Gasteiger partial charge < -0.3 is 19.1 Å². The van der Waals surface area contributed by atoms with Crippen molar-refractivity contribution in [1.29, 1.82) is 0 Å². The second kappa shape index (κ2) is 11.2. The Morgan fingerprint density at radius 2 is 1.76 bits per heavy atom. The molecule has 0 N–H and O–H groups in total. The number of para-hydroxylation sites is 2. The van der Waals surface area contributed by atoms with Crippen molar-refractivity contribution in [3.8, 4) is 17.1 Å². The van der Waals surface area contributed by atoms with Gasteiger partial charge in [0.15, 0.2) is 0 Å². The zero-order valence-corrected chi connectivity index (χ0v) is 23.0. The third kappa shape index (κ3) is 5.85. The molecule has 0 bridgehead atoms. The molecule has 5 rings (SSSR count). The van der Waals surface area contributed by atoms with Crippen molar-refractivity contribution < 1.29 is 14.1 Å².